The Kier molecular flexibility index (Phi) is 3.83. The Morgan fingerprint density at radius 3 is 2.81 bits per heavy atom. The first-order valence-electron chi connectivity index (χ1n) is 6.98. The third-order valence-corrected chi connectivity index (χ3v) is 4.32. The number of nitrogens with two attached hydrogens (primary N) is 1. The van der Waals surface area contributed by atoms with E-state index in [0.717, 1.165) is 18.7 Å². The van der Waals surface area contributed by atoms with E-state index in [1.165, 1.54) is 11.1 Å². The Balaban J connectivity index is 2.02. The van der Waals surface area contributed by atoms with Crippen LogP contribution in [0.2, 0.25) is 5.02 Å². The molecular weight excluding hydrogens is 282 g/mol. The second-order valence-electron chi connectivity index (χ2n) is 5.17. The van der Waals surface area contributed by atoms with Gasteiger partial charge in [0.25, 0.3) is 0 Å². The molecule has 0 fully saturated rings. The molecule has 0 saturated carbocycles. The third-order valence-electron chi connectivity index (χ3n) is 4.02. The van der Waals surface area contributed by atoms with Crippen molar-refractivity contribution in [1.82, 2.24) is 0 Å². The number of anilines is 1. The molecule has 0 radical (unpaired) electrons. The molecule has 3 nitrogen and oxygen atoms in total. The van der Waals surface area contributed by atoms with Gasteiger partial charge in [0.05, 0.1) is 28.4 Å². The van der Waals surface area contributed by atoms with Crippen molar-refractivity contribution in [1.29, 1.82) is 5.26 Å². The molecule has 0 aromatic heterocycles. The Morgan fingerprint density at radius 2 is 2.10 bits per heavy atom. The van der Waals surface area contributed by atoms with E-state index in [-0.39, 0.29) is 6.04 Å². The second kappa shape index (κ2) is 5.77. The number of hydrogen-bond acceptors (Lipinski definition) is 3. The van der Waals surface area contributed by atoms with Gasteiger partial charge in [0, 0.05) is 13.1 Å². The van der Waals surface area contributed by atoms with E-state index >= 15 is 0 Å². The summed E-state index contributed by atoms with van der Waals surface area (Å²) in [7, 11) is 0. The standard InChI is InChI=1S/C17H16ClN3/c18-15-9-12(10-19)5-6-16(15)21-8-7-13-3-1-2-4-14(13)17(21)11-20/h1-6,9,17H,7-8,11,20H2. The largest absolute Gasteiger partial charge is 0.362 e. The van der Waals surface area contributed by atoms with Gasteiger partial charge in [-0.1, -0.05) is 35.9 Å². The van der Waals surface area contributed by atoms with Crippen LogP contribution in [0.3, 0.4) is 0 Å². The molecule has 1 atom stereocenters. The molecule has 2 aromatic rings. The van der Waals surface area contributed by atoms with Gasteiger partial charge < -0.3 is 10.6 Å². The Bertz CT molecular complexity index is 705. The van der Waals surface area contributed by atoms with Gasteiger partial charge in [-0.05, 0) is 35.7 Å². The van der Waals surface area contributed by atoms with Crippen molar-refractivity contribution in [3.63, 3.8) is 0 Å². The maximum atomic E-state index is 8.95. The van der Waals surface area contributed by atoms with E-state index in [1.54, 1.807) is 12.1 Å². The molecule has 3 rings (SSSR count). The quantitative estimate of drug-likeness (QED) is 0.925. The number of rotatable bonds is 2. The molecule has 0 amide bonds. The number of hydrogen-bond donors (Lipinski definition) is 1. The molecule has 1 heterocycles. The van der Waals surface area contributed by atoms with Gasteiger partial charge in [-0.3, -0.25) is 0 Å². The van der Waals surface area contributed by atoms with Crippen LogP contribution >= 0.6 is 11.6 Å². The number of fused-ring (bicyclic) bond motifs is 1. The van der Waals surface area contributed by atoms with Gasteiger partial charge in [-0.2, -0.15) is 5.26 Å². The highest BCUT2D eigenvalue weighted by Gasteiger charge is 2.27. The first-order valence-corrected chi connectivity index (χ1v) is 7.36. The van der Waals surface area contributed by atoms with Crippen LogP contribution in [-0.2, 0) is 6.42 Å². The number of benzene rings is 2. The molecule has 2 aromatic carbocycles. The maximum Gasteiger partial charge on any atom is 0.0992 e. The first-order chi connectivity index (χ1) is 10.2. The summed E-state index contributed by atoms with van der Waals surface area (Å²) in [6.07, 6.45) is 0.975. The van der Waals surface area contributed by atoms with Crippen LogP contribution in [0, 0.1) is 11.3 Å². The first kappa shape index (κ1) is 13.9. The molecule has 21 heavy (non-hydrogen) atoms. The van der Waals surface area contributed by atoms with E-state index in [4.69, 9.17) is 22.6 Å². The fourth-order valence-electron chi connectivity index (χ4n) is 3.00. The summed E-state index contributed by atoms with van der Waals surface area (Å²) in [4.78, 5) is 2.24. The highest BCUT2D eigenvalue weighted by atomic mass is 35.5. The lowest BCUT2D eigenvalue weighted by Gasteiger charge is -2.39. The normalized spacial score (nSPS) is 17.2. The number of nitriles is 1. The molecule has 2 N–H and O–H groups in total. The van der Waals surface area contributed by atoms with Crippen molar-refractivity contribution in [3.05, 3.63) is 64.2 Å². The molecule has 1 aliphatic heterocycles. The summed E-state index contributed by atoms with van der Waals surface area (Å²) in [6.45, 7) is 1.41. The van der Waals surface area contributed by atoms with Gasteiger partial charge >= 0.3 is 0 Å². The van der Waals surface area contributed by atoms with Crippen LogP contribution in [0.15, 0.2) is 42.5 Å². The number of nitrogens with zero attached hydrogens (tertiary/aromatic N) is 2. The molecule has 1 aliphatic rings. The zero-order valence-electron chi connectivity index (χ0n) is 11.6. The van der Waals surface area contributed by atoms with Crippen molar-refractivity contribution in [2.45, 2.75) is 12.5 Å². The smallest absolute Gasteiger partial charge is 0.0992 e. The maximum absolute atomic E-state index is 8.95. The third kappa shape index (κ3) is 2.49. The SMILES string of the molecule is N#Cc1ccc(N2CCc3ccccc3C2CN)c(Cl)c1. The fourth-order valence-corrected chi connectivity index (χ4v) is 3.29. The molecular formula is C17H16ClN3. The minimum Gasteiger partial charge on any atom is -0.362 e. The highest BCUT2D eigenvalue weighted by molar-refractivity contribution is 6.33. The zero-order chi connectivity index (χ0) is 14.8. The Morgan fingerprint density at radius 1 is 1.29 bits per heavy atom. The van der Waals surface area contributed by atoms with E-state index < -0.39 is 0 Å². The van der Waals surface area contributed by atoms with Crippen molar-refractivity contribution in [2.24, 2.45) is 5.73 Å². The minimum absolute atomic E-state index is 0.125. The second-order valence-corrected chi connectivity index (χ2v) is 5.58. The zero-order valence-corrected chi connectivity index (χ0v) is 12.3. The van der Waals surface area contributed by atoms with Crippen LogP contribution in [0.5, 0.6) is 0 Å². The molecule has 0 aliphatic carbocycles. The number of halogens is 1. The van der Waals surface area contributed by atoms with Crippen LogP contribution in [-0.4, -0.2) is 13.1 Å². The van der Waals surface area contributed by atoms with Gasteiger partial charge in [0.15, 0.2) is 0 Å². The van der Waals surface area contributed by atoms with Gasteiger partial charge in [0.1, 0.15) is 0 Å². The summed E-state index contributed by atoms with van der Waals surface area (Å²) in [5.74, 6) is 0. The molecule has 0 bridgehead atoms. The summed E-state index contributed by atoms with van der Waals surface area (Å²) >= 11 is 6.36. The summed E-state index contributed by atoms with van der Waals surface area (Å²) in [6, 6.07) is 16.1. The van der Waals surface area contributed by atoms with E-state index in [9.17, 15) is 0 Å². The van der Waals surface area contributed by atoms with Gasteiger partial charge in [0.2, 0.25) is 0 Å². The molecule has 1 unspecified atom stereocenters. The summed E-state index contributed by atoms with van der Waals surface area (Å²) < 4.78 is 0. The summed E-state index contributed by atoms with van der Waals surface area (Å²) in [5, 5.41) is 9.55. The van der Waals surface area contributed by atoms with E-state index in [0.29, 0.717) is 17.1 Å². The lowest BCUT2D eigenvalue weighted by Crippen LogP contribution is -2.39. The highest BCUT2D eigenvalue weighted by Crippen LogP contribution is 2.36. The van der Waals surface area contributed by atoms with Crippen LogP contribution in [0.4, 0.5) is 5.69 Å². The van der Waals surface area contributed by atoms with Crippen molar-refractivity contribution in [2.75, 3.05) is 18.0 Å². The average Bonchev–Trinajstić information content (AvgIpc) is 2.53. The van der Waals surface area contributed by atoms with Crippen molar-refractivity contribution in [3.8, 4) is 6.07 Å². The minimum atomic E-state index is 0.125. The lowest BCUT2D eigenvalue weighted by molar-refractivity contribution is 0.590. The lowest BCUT2D eigenvalue weighted by atomic mass is 9.92. The molecule has 106 valence electrons. The average molecular weight is 298 g/mol. The van der Waals surface area contributed by atoms with Crippen LogP contribution < -0.4 is 10.6 Å². The van der Waals surface area contributed by atoms with Gasteiger partial charge in [-0.25, -0.2) is 0 Å². The Hall–Kier alpha value is -2.02. The fraction of sp³-hybridized carbons (Fsp3) is 0.235. The monoisotopic (exact) mass is 297 g/mol. The predicted molar refractivity (Wildman–Crippen MR) is 85.5 cm³/mol. The van der Waals surface area contributed by atoms with Crippen molar-refractivity contribution < 1.29 is 0 Å². The molecule has 4 heteroatoms. The molecule has 0 spiro atoms. The summed E-state index contributed by atoms with van der Waals surface area (Å²) in [5.41, 5.74) is 10.2. The molecule has 0 saturated heterocycles. The van der Waals surface area contributed by atoms with E-state index in [2.05, 4.69) is 29.2 Å². The van der Waals surface area contributed by atoms with Gasteiger partial charge in [-0.15, -0.1) is 0 Å². The van der Waals surface area contributed by atoms with Crippen molar-refractivity contribution >= 4 is 17.3 Å². The van der Waals surface area contributed by atoms with E-state index in [1.807, 2.05) is 12.1 Å². The Labute approximate surface area is 129 Å². The van der Waals surface area contributed by atoms with Crippen LogP contribution in [0.1, 0.15) is 22.7 Å². The van der Waals surface area contributed by atoms with Crippen LogP contribution in [0.25, 0.3) is 0 Å². The topological polar surface area (TPSA) is 53.0 Å². The predicted octanol–water partition coefficient (Wildman–Crippen LogP) is 3.27.